The highest BCUT2D eigenvalue weighted by atomic mass is 16.4. The van der Waals surface area contributed by atoms with E-state index >= 15 is 0 Å². The topological polar surface area (TPSA) is 57.5 Å². The van der Waals surface area contributed by atoms with E-state index in [9.17, 15) is 4.79 Å². The van der Waals surface area contributed by atoms with Gasteiger partial charge in [-0.15, -0.1) is 0 Å². The molecule has 0 aliphatic heterocycles. The highest BCUT2D eigenvalue weighted by Gasteiger charge is 1.90. The van der Waals surface area contributed by atoms with Gasteiger partial charge in [0.2, 0.25) is 0 Å². The number of carboxylic acid groups (broad SMARTS) is 1. The van der Waals surface area contributed by atoms with Crippen LogP contribution in [0.15, 0.2) is 42.5 Å². The van der Waals surface area contributed by atoms with E-state index in [1.165, 1.54) is 6.92 Å². The standard InChI is InChI=1S/C7H8O.C4H6O2/c8-6-7-4-2-1-3-5-7;1-3(2)4(5)6/h1-5,8H,6H2;1H2,2H3,(H,5,6). The van der Waals surface area contributed by atoms with Crippen LogP contribution in [0, 0.1) is 0 Å². The van der Waals surface area contributed by atoms with E-state index < -0.39 is 5.97 Å². The molecular formula is C11H14O3. The molecule has 1 aromatic rings. The molecule has 1 aromatic carbocycles. The molecule has 0 unspecified atom stereocenters. The maximum atomic E-state index is 9.60. The number of hydrogen-bond acceptors (Lipinski definition) is 2. The van der Waals surface area contributed by atoms with Gasteiger partial charge in [0.15, 0.2) is 0 Å². The second-order valence-electron chi connectivity index (χ2n) is 2.73. The lowest BCUT2D eigenvalue weighted by Gasteiger charge is -1.89. The molecule has 0 saturated heterocycles. The van der Waals surface area contributed by atoms with Crippen LogP contribution < -0.4 is 0 Å². The lowest BCUT2D eigenvalue weighted by atomic mass is 10.2. The minimum Gasteiger partial charge on any atom is -0.478 e. The van der Waals surface area contributed by atoms with Gasteiger partial charge in [-0.05, 0) is 12.5 Å². The van der Waals surface area contributed by atoms with Gasteiger partial charge >= 0.3 is 5.97 Å². The predicted molar refractivity (Wildman–Crippen MR) is 54.8 cm³/mol. The van der Waals surface area contributed by atoms with Crippen molar-refractivity contribution >= 4 is 5.97 Å². The van der Waals surface area contributed by atoms with E-state index in [0.29, 0.717) is 0 Å². The molecule has 0 aliphatic carbocycles. The Kier molecular flexibility index (Phi) is 6.07. The quantitative estimate of drug-likeness (QED) is 0.706. The summed E-state index contributed by atoms with van der Waals surface area (Å²) < 4.78 is 0. The number of carbonyl (C=O) groups is 1. The number of benzene rings is 1. The molecule has 0 saturated carbocycles. The summed E-state index contributed by atoms with van der Waals surface area (Å²) in [6.07, 6.45) is 0. The fourth-order valence-electron chi connectivity index (χ4n) is 0.583. The Morgan fingerprint density at radius 3 is 2.00 bits per heavy atom. The van der Waals surface area contributed by atoms with Crippen molar-refractivity contribution in [3.8, 4) is 0 Å². The first kappa shape index (κ1) is 12.4. The van der Waals surface area contributed by atoms with Crippen LogP contribution >= 0.6 is 0 Å². The summed E-state index contributed by atoms with van der Waals surface area (Å²) in [5.41, 5.74) is 1.14. The second-order valence-corrected chi connectivity index (χ2v) is 2.73. The van der Waals surface area contributed by atoms with Crippen molar-refractivity contribution in [3.63, 3.8) is 0 Å². The lowest BCUT2D eigenvalue weighted by molar-refractivity contribution is -0.132. The van der Waals surface area contributed by atoms with Gasteiger partial charge in [-0.1, -0.05) is 36.9 Å². The van der Waals surface area contributed by atoms with Crippen molar-refractivity contribution in [2.45, 2.75) is 13.5 Å². The third-order valence-corrected chi connectivity index (χ3v) is 1.39. The summed E-state index contributed by atoms with van der Waals surface area (Å²) >= 11 is 0. The number of aliphatic hydroxyl groups is 1. The van der Waals surface area contributed by atoms with Gasteiger partial charge < -0.3 is 10.2 Å². The lowest BCUT2D eigenvalue weighted by Crippen LogP contribution is -1.92. The fourth-order valence-corrected chi connectivity index (χ4v) is 0.583. The summed E-state index contributed by atoms with van der Waals surface area (Å²) in [7, 11) is 0. The summed E-state index contributed by atoms with van der Waals surface area (Å²) in [6, 6.07) is 9.52. The van der Waals surface area contributed by atoms with Gasteiger partial charge in [-0.3, -0.25) is 0 Å². The highest BCUT2D eigenvalue weighted by Crippen LogP contribution is 1.95. The molecule has 76 valence electrons. The molecule has 0 fully saturated rings. The SMILES string of the molecule is C=C(C)C(=O)O.OCc1ccccc1. The molecule has 3 heteroatoms. The van der Waals surface area contributed by atoms with Gasteiger partial charge in [0, 0.05) is 5.57 Å². The smallest absolute Gasteiger partial charge is 0.330 e. The Labute approximate surface area is 83.3 Å². The third kappa shape index (κ3) is 5.97. The van der Waals surface area contributed by atoms with E-state index in [0.717, 1.165) is 5.56 Å². The van der Waals surface area contributed by atoms with Gasteiger partial charge in [0.25, 0.3) is 0 Å². The van der Waals surface area contributed by atoms with Crippen LogP contribution in [0.2, 0.25) is 0 Å². The normalized spacial score (nSPS) is 8.43. The van der Waals surface area contributed by atoms with Crippen LogP contribution in [-0.4, -0.2) is 16.2 Å². The third-order valence-electron chi connectivity index (χ3n) is 1.39. The Bertz CT molecular complexity index is 279. The van der Waals surface area contributed by atoms with E-state index in [-0.39, 0.29) is 12.2 Å². The molecule has 0 amide bonds. The maximum Gasteiger partial charge on any atom is 0.330 e. The Hall–Kier alpha value is -1.61. The number of aliphatic carboxylic acids is 1. The van der Waals surface area contributed by atoms with E-state index in [1.54, 1.807) is 0 Å². The van der Waals surface area contributed by atoms with Crippen molar-refractivity contribution in [1.82, 2.24) is 0 Å². The average Bonchev–Trinajstić information content (AvgIpc) is 2.20. The van der Waals surface area contributed by atoms with Crippen LogP contribution in [0.1, 0.15) is 12.5 Å². The molecule has 0 aromatic heterocycles. The average molecular weight is 194 g/mol. The molecular weight excluding hydrogens is 180 g/mol. The summed E-state index contributed by atoms with van der Waals surface area (Å²) in [5.74, 6) is -0.935. The van der Waals surface area contributed by atoms with E-state index in [4.69, 9.17) is 10.2 Å². The summed E-state index contributed by atoms with van der Waals surface area (Å²) in [4.78, 5) is 9.60. The molecule has 1 rings (SSSR count). The molecule has 0 spiro atoms. The summed E-state index contributed by atoms with van der Waals surface area (Å²) in [6.45, 7) is 4.74. The van der Waals surface area contributed by atoms with Crippen LogP contribution in [0.25, 0.3) is 0 Å². The molecule has 2 N–H and O–H groups in total. The largest absolute Gasteiger partial charge is 0.478 e. The van der Waals surface area contributed by atoms with Gasteiger partial charge in [-0.25, -0.2) is 4.79 Å². The Balaban J connectivity index is 0.000000255. The predicted octanol–water partition coefficient (Wildman–Crippen LogP) is 1.83. The molecule has 3 nitrogen and oxygen atoms in total. The van der Waals surface area contributed by atoms with Gasteiger partial charge in [0.05, 0.1) is 6.61 Å². The zero-order valence-corrected chi connectivity index (χ0v) is 8.10. The van der Waals surface area contributed by atoms with Crippen molar-refractivity contribution < 1.29 is 15.0 Å². The molecule has 0 aliphatic rings. The van der Waals surface area contributed by atoms with E-state index in [2.05, 4.69) is 6.58 Å². The van der Waals surface area contributed by atoms with Crippen molar-refractivity contribution in [1.29, 1.82) is 0 Å². The van der Waals surface area contributed by atoms with E-state index in [1.807, 2.05) is 30.3 Å². The van der Waals surface area contributed by atoms with Crippen LogP contribution in [-0.2, 0) is 11.4 Å². The first-order chi connectivity index (χ1) is 6.57. The molecule has 0 atom stereocenters. The molecule has 0 radical (unpaired) electrons. The summed E-state index contributed by atoms with van der Waals surface area (Å²) in [5, 5.41) is 16.4. The highest BCUT2D eigenvalue weighted by molar-refractivity contribution is 5.84. The fraction of sp³-hybridized carbons (Fsp3) is 0.182. The second kappa shape index (κ2) is 6.86. The number of aliphatic hydroxyl groups excluding tert-OH is 1. The monoisotopic (exact) mass is 194 g/mol. The number of hydrogen-bond donors (Lipinski definition) is 2. The minimum atomic E-state index is -0.935. The van der Waals surface area contributed by atoms with Crippen molar-refractivity contribution in [3.05, 3.63) is 48.0 Å². The number of rotatable bonds is 2. The Morgan fingerprint density at radius 1 is 1.36 bits per heavy atom. The molecule has 0 heterocycles. The minimum absolute atomic E-state index is 0.140. The first-order valence-corrected chi connectivity index (χ1v) is 4.11. The maximum absolute atomic E-state index is 9.60. The van der Waals surface area contributed by atoms with Crippen LogP contribution in [0.3, 0.4) is 0 Å². The van der Waals surface area contributed by atoms with Crippen LogP contribution in [0.4, 0.5) is 0 Å². The zero-order chi connectivity index (χ0) is 11.0. The van der Waals surface area contributed by atoms with Gasteiger partial charge in [-0.2, -0.15) is 0 Å². The molecule has 14 heavy (non-hydrogen) atoms. The Morgan fingerprint density at radius 2 is 1.79 bits per heavy atom. The van der Waals surface area contributed by atoms with Crippen molar-refractivity contribution in [2.75, 3.05) is 0 Å². The van der Waals surface area contributed by atoms with Crippen LogP contribution in [0.5, 0.6) is 0 Å². The first-order valence-electron chi connectivity index (χ1n) is 4.11. The zero-order valence-electron chi connectivity index (χ0n) is 8.10. The van der Waals surface area contributed by atoms with Gasteiger partial charge in [0.1, 0.15) is 0 Å². The van der Waals surface area contributed by atoms with Crippen molar-refractivity contribution in [2.24, 2.45) is 0 Å². The molecule has 0 bridgehead atoms. The number of carboxylic acids is 1.